The maximum Gasteiger partial charge on any atom is 0.219 e. The Morgan fingerprint density at radius 1 is 1.23 bits per heavy atom. The van der Waals surface area contributed by atoms with E-state index in [-0.39, 0.29) is 11.9 Å². The third-order valence-electron chi connectivity index (χ3n) is 4.83. The van der Waals surface area contributed by atoms with Gasteiger partial charge in [0.2, 0.25) is 11.0 Å². The Kier molecular flexibility index (Phi) is 3.33. The van der Waals surface area contributed by atoms with Gasteiger partial charge in [-0.1, -0.05) is 41.7 Å². The van der Waals surface area contributed by atoms with Crippen molar-refractivity contribution >= 4 is 22.4 Å². The molecule has 114 valence electrons. The third kappa shape index (κ3) is 2.18. The number of benzene rings is 1. The number of amides is 1. The lowest BCUT2D eigenvalue weighted by Crippen LogP contribution is -2.34. The van der Waals surface area contributed by atoms with Crippen LogP contribution in [0.4, 0.5) is 5.13 Å². The van der Waals surface area contributed by atoms with E-state index in [1.807, 2.05) is 11.0 Å². The predicted octanol–water partition coefficient (Wildman–Crippen LogP) is 2.19. The van der Waals surface area contributed by atoms with E-state index in [9.17, 15) is 4.79 Å². The van der Waals surface area contributed by atoms with E-state index >= 15 is 0 Å². The van der Waals surface area contributed by atoms with Crippen molar-refractivity contribution in [3.05, 3.63) is 41.4 Å². The Morgan fingerprint density at radius 2 is 2.05 bits per heavy atom. The summed E-state index contributed by atoms with van der Waals surface area (Å²) in [7, 11) is 0. The van der Waals surface area contributed by atoms with E-state index in [0.717, 1.165) is 24.8 Å². The minimum absolute atomic E-state index is 0.172. The van der Waals surface area contributed by atoms with Gasteiger partial charge >= 0.3 is 0 Å². The van der Waals surface area contributed by atoms with E-state index in [4.69, 9.17) is 0 Å². The standard InChI is InChI=1S/C16H18N4OS/c1-11(21)20-8-13-7-19(16-18-17-10-22-16)9-14(13)15(20)12-5-3-2-4-6-12/h2-6,10,13-15H,7-9H2,1H3/t13-,14-,15-/m1/s1. The monoisotopic (exact) mass is 314 g/mol. The van der Waals surface area contributed by atoms with Crippen molar-refractivity contribution in [2.75, 3.05) is 24.5 Å². The minimum atomic E-state index is 0.172. The summed E-state index contributed by atoms with van der Waals surface area (Å²) in [6.07, 6.45) is 0. The third-order valence-corrected chi connectivity index (χ3v) is 5.58. The summed E-state index contributed by atoms with van der Waals surface area (Å²) in [5.74, 6) is 1.15. The number of rotatable bonds is 2. The number of hydrogen-bond donors (Lipinski definition) is 0. The van der Waals surface area contributed by atoms with E-state index in [0.29, 0.717) is 11.8 Å². The molecule has 0 unspecified atom stereocenters. The average Bonchev–Trinajstić information content (AvgIpc) is 3.22. The first-order chi connectivity index (χ1) is 10.7. The molecule has 0 saturated carbocycles. The molecule has 2 aliphatic heterocycles. The van der Waals surface area contributed by atoms with Gasteiger partial charge in [0, 0.05) is 38.4 Å². The first-order valence-electron chi connectivity index (χ1n) is 7.57. The van der Waals surface area contributed by atoms with Crippen LogP contribution in [0.25, 0.3) is 0 Å². The maximum absolute atomic E-state index is 12.1. The topological polar surface area (TPSA) is 49.3 Å². The van der Waals surface area contributed by atoms with Gasteiger partial charge in [0.1, 0.15) is 5.51 Å². The predicted molar refractivity (Wildman–Crippen MR) is 85.7 cm³/mol. The molecule has 2 fully saturated rings. The lowest BCUT2D eigenvalue weighted by Gasteiger charge is -2.29. The molecule has 2 aliphatic rings. The van der Waals surface area contributed by atoms with Crippen molar-refractivity contribution < 1.29 is 4.79 Å². The molecule has 0 aliphatic carbocycles. The normalized spacial score (nSPS) is 27.2. The highest BCUT2D eigenvalue weighted by atomic mass is 32.1. The van der Waals surface area contributed by atoms with Gasteiger partial charge in [-0.05, 0) is 5.56 Å². The molecule has 4 rings (SSSR count). The van der Waals surface area contributed by atoms with Crippen molar-refractivity contribution in [1.82, 2.24) is 15.1 Å². The molecule has 6 heteroatoms. The van der Waals surface area contributed by atoms with Gasteiger partial charge in [-0.15, -0.1) is 10.2 Å². The second-order valence-electron chi connectivity index (χ2n) is 6.08. The number of anilines is 1. The SMILES string of the molecule is CC(=O)N1C[C@H]2CN(c3nncs3)C[C@H]2[C@H]1c1ccccc1. The molecule has 1 aromatic carbocycles. The summed E-state index contributed by atoms with van der Waals surface area (Å²) in [5, 5.41) is 9.13. The summed E-state index contributed by atoms with van der Waals surface area (Å²) in [4.78, 5) is 16.4. The zero-order valence-corrected chi connectivity index (χ0v) is 13.2. The van der Waals surface area contributed by atoms with Crippen molar-refractivity contribution in [3.8, 4) is 0 Å². The summed E-state index contributed by atoms with van der Waals surface area (Å²) in [6.45, 7) is 4.44. The van der Waals surface area contributed by atoms with Crippen molar-refractivity contribution in [2.24, 2.45) is 11.8 Å². The zero-order valence-electron chi connectivity index (χ0n) is 12.4. The first-order valence-corrected chi connectivity index (χ1v) is 8.45. The van der Waals surface area contributed by atoms with E-state index in [1.54, 1.807) is 23.8 Å². The molecule has 3 heterocycles. The zero-order chi connectivity index (χ0) is 15.1. The van der Waals surface area contributed by atoms with Crippen LogP contribution in [0.2, 0.25) is 0 Å². The number of aromatic nitrogens is 2. The molecule has 0 spiro atoms. The second-order valence-corrected chi connectivity index (χ2v) is 6.89. The molecule has 0 radical (unpaired) electrons. The summed E-state index contributed by atoms with van der Waals surface area (Å²) in [5.41, 5.74) is 3.02. The van der Waals surface area contributed by atoms with Crippen molar-refractivity contribution in [2.45, 2.75) is 13.0 Å². The molecular formula is C16H18N4OS. The molecule has 5 nitrogen and oxygen atoms in total. The number of carbonyl (C=O) groups excluding carboxylic acids is 1. The quantitative estimate of drug-likeness (QED) is 0.852. The molecule has 2 saturated heterocycles. The molecule has 2 aromatic rings. The van der Waals surface area contributed by atoms with Crippen LogP contribution in [0.1, 0.15) is 18.5 Å². The van der Waals surface area contributed by atoms with Crippen LogP contribution in [0.15, 0.2) is 35.8 Å². The fraction of sp³-hybridized carbons (Fsp3) is 0.438. The highest BCUT2D eigenvalue weighted by Gasteiger charge is 2.48. The molecule has 1 aromatic heterocycles. The summed E-state index contributed by atoms with van der Waals surface area (Å²) >= 11 is 1.59. The van der Waals surface area contributed by atoms with Gasteiger partial charge < -0.3 is 9.80 Å². The Morgan fingerprint density at radius 3 is 2.73 bits per heavy atom. The van der Waals surface area contributed by atoms with E-state index in [1.165, 1.54) is 5.56 Å². The van der Waals surface area contributed by atoms with Crippen LogP contribution in [0.3, 0.4) is 0 Å². The highest BCUT2D eigenvalue weighted by Crippen LogP contribution is 2.45. The van der Waals surface area contributed by atoms with Gasteiger partial charge in [0.15, 0.2) is 0 Å². The number of carbonyl (C=O) groups is 1. The van der Waals surface area contributed by atoms with Crippen LogP contribution < -0.4 is 4.90 Å². The average molecular weight is 314 g/mol. The van der Waals surface area contributed by atoms with Crippen LogP contribution in [0.5, 0.6) is 0 Å². The highest BCUT2D eigenvalue weighted by molar-refractivity contribution is 7.13. The number of fused-ring (bicyclic) bond motifs is 1. The lowest BCUT2D eigenvalue weighted by atomic mass is 9.89. The fourth-order valence-corrected chi connectivity index (χ4v) is 4.49. The van der Waals surface area contributed by atoms with Gasteiger partial charge in [0.05, 0.1) is 6.04 Å². The molecule has 1 amide bonds. The Labute approximate surface area is 133 Å². The molecular weight excluding hydrogens is 296 g/mol. The fourth-order valence-electron chi connectivity index (χ4n) is 3.91. The smallest absolute Gasteiger partial charge is 0.219 e. The van der Waals surface area contributed by atoms with Gasteiger partial charge in [-0.2, -0.15) is 0 Å². The van der Waals surface area contributed by atoms with E-state index in [2.05, 4.69) is 39.4 Å². The van der Waals surface area contributed by atoms with Crippen molar-refractivity contribution in [1.29, 1.82) is 0 Å². The Bertz CT molecular complexity index is 660. The Balaban J connectivity index is 1.64. The number of hydrogen-bond acceptors (Lipinski definition) is 5. The summed E-state index contributed by atoms with van der Waals surface area (Å²) < 4.78 is 0. The molecule has 0 bridgehead atoms. The van der Waals surface area contributed by atoms with Crippen LogP contribution >= 0.6 is 11.3 Å². The maximum atomic E-state index is 12.1. The van der Waals surface area contributed by atoms with Crippen LogP contribution in [-0.2, 0) is 4.79 Å². The molecule has 22 heavy (non-hydrogen) atoms. The number of likely N-dealkylation sites (tertiary alicyclic amines) is 1. The van der Waals surface area contributed by atoms with Gasteiger partial charge in [0.25, 0.3) is 0 Å². The lowest BCUT2D eigenvalue weighted by molar-refractivity contribution is -0.130. The largest absolute Gasteiger partial charge is 0.346 e. The number of nitrogens with zero attached hydrogens (tertiary/aromatic N) is 4. The first kappa shape index (κ1) is 13.7. The second kappa shape index (κ2) is 5.35. The van der Waals surface area contributed by atoms with Crippen LogP contribution in [-0.4, -0.2) is 40.6 Å². The molecule has 3 atom stereocenters. The van der Waals surface area contributed by atoms with Crippen LogP contribution in [0, 0.1) is 11.8 Å². The minimum Gasteiger partial charge on any atom is -0.346 e. The van der Waals surface area contributed by atoms with E-state index < -0.39 is 0 Å². The molecule has 0 N–H and O–H groups in total. The van der Waals surface area contributed by atoms with Crippen molar-refractivity contribution in [3.63, 3.8) is 0 Å². The summed E-state index contributed by atoms with van der Waals surface area (Å²) in [6, 6.07) is 10.6. The van der Waals surface area contributed by atoms with Gasteiger partial charge in [-0.25, -0.2) is 0 Å². The Hall–Kier alpha value is -1.95. The van der Waals surface area contributed by atoms with Gasteiger partial charge in [-0.3, -0.25) is 4.79 Å².